The molecule has 0 aliphatic carbocycles. The van der Waals surface area contributed by atoms with Crippen molar-refractivity contribution in [1.29, 1.82) is 0 Å². The topological polar surface area (TPSA) is 45.1 Å². The van der Waals surface area contributed by atoms with Crippen molar-refractivity contribution in [2.45, 2.75) is 44.9 Å². The highest BCUT2D eigenvalue weighted by atomic mass is 35.5. The molecule has 0 aromatic heterocycles. The van der Waals surface area contributed by atoms with Gasteiger partial charge in [-0.2, -0.15) is 5.10 Å². The van der Waals surface area contributed by atoms with Gasteiger partial charge in [0.2, 0.25) is 11.6 Å². The fourth-order valence-corrected chi connectivity index (χ4v) is 5.01. The number of hydrogen-bond donors (Lipinski definition) is 0. The summed E-state index contributed by atoms with van der Waals surface area (Å²) in [6, 6.07) is 14.4. The van der Waals surface area contributed by atoms with Crippen LogP contribution < -0.4 is 4.74 Å². The molecule has 150 valence electrons. The Bertz CT molecular complexity index is 1010. The number of carbonyl (C=O) groups is 1. The lowest BCUT2D eigenvalue weighted by atomic mass is 9.90. The Balaban J connectivity index is 1.57. The van der Waals surface area contributed by atoms with E-state index >= 15 is 0 Å². The third-order valence-electron chi connectivity index (χ3n) is 6.33. The lowest BCUT2D eigenvalue weighted by molar-refractivity contribution is -0.158. The van der Waals surface area contributed by atoms with E-state index in [1.807, 2.05) is 29.2 Å². The molecule has 3 aliphatic rings. The molecule has 1 atom stereocenters. The number of amides is 1. The van der Waals surface area contributed by atoms with Crippen LogP contribution >= 0.6 is 11.6 Å². The second-order valence-electron chi connectivity index (χ2n) is 8.19. The van der Waals surface area contributed by atoms with Crippen LogP contribution in [0.1, 0.15) is 48.9 Å². The molecule has 6 heteroatoms. The zero-order valence-electron chi connectivity index (χ0n) is 16.7. The van der Waals surface area contributed by atoms with Gasteiger partial charge in [0.1, 0.15) is 5.75 Å². The van der Waals surface area contributed by atoms with Crippen molar-refractivity contribution in [2.75, 3.05) is 13.1 Å². The van der Waals surface area contributed by atoms with Crippen LogP contribution in [0.25, 0.3) is 0 Å². The van der Waals surface area contributed by atoms with Crippen molar-refractivity contribution < 1.29 is 9.53 Å². The number of halogens is 1. The van der Waals surface area contributed by atoms with E-state index < -0.39 is 5.72 Å². The molecule has 1 spiro atoms. The molecule has 5 nitrogen and oxygen atoms in total. The van der Waals surface area contributed by atoms with E-state index in [0.29, 0.717) is 13.1 Å². The molecule has 0 N–H and O–H groups in total. The van der Waals surface area contributed by atoms with Gasteiger partial charge in [-0.1, -0.05) is 47.5 Å². The predicted octanol–water partition coefficient (Wildman–Crippen LogP) is 4.53. The first kappa shape index (κ1) is 18.5. The average Bonchev–Trinajstić information content (AvgIpc) is 3.16. The third kappa shape index (κ3) is 2.99. The molecular weight excluding hydrogens is 386 g/mol. The van der Waals surface area contributed by atoms with E-state index in [0.717, 1.165) is 41.3 Å². The first-order valence-electron chi connectivity index (χ1n) is 10.1. The monoisotopic (exact) mass is 409 g/mol. The van der Waals surface area contributed by atoms with Crippen LogP contribution in [0.4, 0.5) is 0 Å². The molecule has 1 saturated heterocycles. The zero-order chi connectivity index (χ0) is 20.2. The highest BCUT2D eigenvalue weighted by Gasteiger charge is 2.52. The molecule has 2 aromatic carbocycles. The summed E-state index contributed by atoms with van der Waals surface area (Å²) >= 11 is 6.48. The lowest BCUT2D eigenvalue weighted by Crippen LogP contribution is -2.59. The summed E-state index contributed by atoms with van der Waals surface area (Å²) in [5, 5.41) is 7.93. The fraction of sp³-hybridized carbons (Fsp3) is 0.391. The van der Waals surface area contributed by atoms with E-state index in [1.54, 1.807) is 6.92 Å². The predicted molar refractivity (Wildman–Crippen MR) is 113 cm³/mol. The van der Waals surface area contributed by atoms with Gasteiger partial charge in [-0.05, 0) is 19.1 Å². The van der Waals surface area contributed by atoms with Crippen molar-refractivity contribution in [2.24, 2.45) is 5.10 Å². The first-order chi connectivity index (χ1) is 14.0. The number of piperidine rings is 1. The van der Waals surface area contributed by atoms with Gasteiger partial charge in [0.25, 0.3) is 0 Å². The minimum Gasteiger partial charge on any atom is -0.466 e. The summed E-state index contributed by atoms with van der Waals surface area (Å²) in [5.41, 5.74) is 3.83. The molecular formula is C23H24ClN3O2. The second-order valence-corrected chi connectivity index (χ2v) is 8.59. The van der Waals surface area contributed by atoms with Gasteiger partial charge < -0.3 is 9.64 Å². The zero-order valence-corrected chi connectivity index (χ0v) is 17.4. The fourth-order valence-electron chi connectivity index (χ4n) is 4.76. The van der Waals surface area contributed by atoms with E-state index in [9.17, 15) is 4.79 Å². The maximum Gasteiger partial charge on any atom is 0.219 e. The smallest absolute Gasteiger partial charge is 0.219 e. The van der Waals surface area contributed by atoms with E-state index in [4.69, 9.17) is 21.4 Å². The Morgan fingerprint density at radius 1 is 1.21 bits per heavy atom. The van der Waals surface area contributed by atoms with Crippen molar-refractivity contribution in [1.82, 2.24) is 9.91 Å². The Morgan fingerprint density at radius 3 is 2.69 bits per heavy atom. The van der Waals surface area contributed by atoms with Gasteiger partial charge in [-0.25, -0.2) is 5.01 Å². The van der Waals surface area contributed by atoms with Crippen LogP contribution in [0.5, 0.6) is 5.75 Å². The molecule has 0 bridgehead atoms. The van der Waals surface area contributed by atoms with Gasteiger partial charge in [0.15, 0.2) is 0 Å². The minimum atomic E-state index is -0.526. The maximum absolute atomic E-state index is 11.8. The number of hydrogen-bond acceptors (Lipinski definition) is 4. The summed E-state index contributed by atoms with van der Waals surface area (Å²) in [6.45, 7) is 5.09. The molecule has 29 heavy (non-hydrogen) atoms. The quantitative estimate of drug-likeness (QED) is 0.695. The molecule has 3 heterocycles. The summed E-state index contributed by atoms with van der Waals surface area (Å²) in [4.78, 5) is 13.7. The Hall–Kier alpha value is -2.53. The van der Waals surface area contributed by atoms with Gasteiger partial charge in [0, 0.05) is 55.4 Å². The van der Waals surface area contributed by atoms with Crippen LogP contribution in [-0.2, 0) is 4.79 Å². The van der Waals surface area contributed by atoms with Gasteiger partial charge in [0.05, 0.1) is 11.8 Å². The number of nitrogens with zero attached hydrogens (tertiary/aromatic N) is 3. The number of benzene rings is 2. The second kappa shape index (κ2) is 6.77. The minimum absolute atomic E-state index is 0.116. The van der Waals surface area contributed by atoms with E-state index in [1.165, 1.54) is 11.1 Å². The van der Waals surface area contributed by atoms with E-state index in [-0.39, 0.29) is 11.9 Å². The SMILES string of the molecule is CC(=O)N1CCC2(CC1)Oc1ccc(C)cc1C1CC(c3ccccc3Cl)=NN12. The van der Waals surface area contributed by atoms with Crippen LogP contribution in [0.3, 0.4) is 0 Å². The Labute approximate surface area is 175 Å². The molecule has 5 rings (SSSR count). The first-order valence-corrected chi connectivity index (χ1v) is 10.5. The van der Waals surface area contributed by atoms with Crippen molar-refractivity contribution >= 4 is 23.2 Å². The van der Waals surface area contributed by atoms with Crippen LogP contribution in [0.15, 0.2) is 47.6 Å². The third-order valence-corrected chi connectivity index (χ3v) is 6.66. The van der Waals surface area contributed by atoms with Crippen molar-refractivity contribution in [3.05, 3.63) is 64.2 Å². The van der Waals surface area contributed by atoms with Gasteiger partial charge in [-0.15, -0.1) is 0 Å². The summed E-state index contributed by atoms with van der Waals surface area (Å²) in [5.74, 6) is 1.05. The maximum atomic E-state index is 11.8. The molecule has 1 unspecified atom stereocenters. The lowest BCUT2D eigenvalue weighted by Gasteiger charge is -2.51. The molecule has 2 aromatic rings. The number of rotatable bonds is 1. The standard InChI is InChI=1S/C23H24ClN3O2/c1-15-7-8-22-18(13-15)21-14-20(17-5-3-4-6-19(17)24)25-27(21)23(29-22)9-11-26(12-10-23)16(2)28/h3-8,13,21H,9-12,14H2,1-2H3. The average molecular weight is 410 g/mol. The van der Waals surface area contributed by atoms with Crippen molar-refractivity contribution in [3.63, 3.8) is 0 Å². The summed E-state index contributed by atoms with van der Waals surface area (Å²) in [6.07, 6.45) is 2.26. The van der Waals surface area contributed by atoms with Gasteiger partial charge in [-0.3, -0.25) is 4.79 Å². The summed E-state index contributed by atoms with van der Waals surface area (Å²) < 4.78 is 6.62. The molecule has 3 aliphatic heterocycles. The number of likely N-dealkylation sites (tertiary alicyclic amines) is 1. The Morgan fingerprint density at radius 2 is 1.97 bits per heavy atom. The van der Waals surface area contributed by atoms with Gasteiger partial charge >= 0.3 is 0 Å². The highest BCUT2D eigenvalue weighted by molar-refractivity contribution is 6.34. The summed E-state index contributed by atoms with van der Waals surface area (Å²) in [7, 11) is 0. The number of carbonyl (C=O) groups excluding carboxylic acids is 1. The van der Waals surface area contributed by atoms with Crippen LogP contribution in [0.2, 0.25) is 5.02 Å². The molecule has 0 radical (unpaired) electrons. The highest BCUT2D eigenvalue weighted by Crippen LogP contribution is 2.50. The number of ether oxygens (including phenoxy) is 1. The van der Waals surface area contributed by atoms with Crippen LogP contribution in [0, 0.1) is 6.92 Å². The molecule has 1 fully saturated rings. The normalized spacial score (nSPS) is 22.0. The molecule has 0 saturated carbocycles. The largest absolute Gasteiger partial charge is 0.466 e. The molecule has 1 amide bonds. The number of hydrazone groups is 1. The number of aryl methyl sites for hydroxylation is 1. The Kier molecular flexibility index (Phi) is 4.32. The van der Waals surface area contributed by atoms with Crippen LogP contribution in [-0.4, -0.2) is 40.3 Å². The van der Waals surface area contributed by atoms with E-state index in [2.05, 4.69) is 30.1 Å². The van der Waals surface area contributed by atoms with Crippen molar-refractivity contribution in [3.8, 4) is 5.75 Å². The number of fused-ring (bicyclic) bond motifs is 4.